The first kappa shape index (κ1) is 9.98. The summed E-state index contributed by atoms with van der Waals surface area (Å²) in [5.74, 6) is 0.795. The fraction of sp³-hybridized carbons (Fsp3) is 0.273. The van der Waals surface area contributed by atoms with E-state index in [4.69, 9.17) is 14.9 Å². The first-order chi connectivity index (χ1) is 7.27. The van der Waals surface area contributed by atoms with Gasteiger partial charge in [-0.1, -0.05) is 6.07 Å². The lowest BCUT2D eigenvalue weighted by Gasteiger charge is -1.98. The Hall–Kier alpha value is -1.55. The van der Waals surface area contributed by atoms with Gasteiger partial charge in [0.15, 0.2) is 17.1 Å². The van der Waals surface area contributed by atoms with Crippen LogP contribution in [-0.2, 0) is 6.42 Å². The van der Waals surface area contributed by atoms with Crippen molar-refractivity contribution < 1.29 is 13.5 Å². The van der Waals surface area contributed by atoms with Crippen molar-refractivity contribution in [2.24, 2.45) is 5.73 Å². The second-order valence-electron chi connectivity index (χ2n) is 3.21. The molecule has 0 aliphatic rings. The normalized spacial score (nSPS) is 10.9. The summed E-state index contributed by atoms with van der Waals surface area (Å²) in [5, 5.41) is 0.654. The molecule has 1 heterocycles. The highest BCUT2D eigenvalue weighted by Gasteiger charge is 2.16. The molecule has 0 amide bonds. The molecule has 1 aromatic heterocycles. The lowest BCUT2D eigenvalue weighted by Crippen LogP contribution is -2.02. The van der Waals surface area contributed by atoms with Gasteiger partial charge in [-0.2, -0.15) is 0 Å². The molecular weight excluding hydrogens is 197 g/mol. The van der Waals surface area contributed by atoms with E-state index in [0.29, 0.717) is 29.9 Å². The summed E-state index contributed by atoms with van der Waals surface area (Å²) >= 11 is 0. The van der Waals surface area contributed by atoms with Crippen LogP contribution in [0.4, 0.5) is 4.39 Å². The highest BCUT2D eigenvalue weighted by Crippen LogP contribution is 2.34. The van der Waals surface area contributed by atoms with Crippen molar-refractivity contribution in [1.82, 2.24) is 0 Å². The quantitative estimate of drug-likeness (QED) is 0.841. The van der Waals surface area contributed by atoms with Crippen molar-refractivity contribution in [3.63, 3.8) is 0 Å². The van der Waals surface area contributed by atoms with Crippen LogP contribution in [0.2, 0.25) is 0 Å². The summed E-state index contributed by atoms with van der Waals surface area (Å²) in [4.78, 5) is 0. The molecule has 0 bridgehead atoms. The van der Waals surface area contributed by atoms with Crippen LogP contribution < -0.4 is 10.5 Å². The highest BCUT2D eigenvalue weighted by molar-refractivity contribution is 5.85. The largest absolute Gasteiger partial charge is 0.492 e. The van der Waals surface area contributed by atoms with Crippen LogP contribution in [-0.4, -0.2) is 13.7 Å². The Balaban J connectivity index is 2.67. The van der Waals surface area contributed by atoms with Gasteiger partial charge in [0.05, 0.1) is 12.5 Å². The molecule has 80 valence electrons. The summed E-state index contributed by atoms with van der Waals surface area (Å²) < 4.78 is 23.9. The number of nitrogens with two attached hydrogens (primary N) is 1. The van der Waals surface area contributed by atoms with E-state index in [-0.39, 0.29) is 11.4 Å². The molecule has 4 heteroatoms. The monoisotopic (exact) mass is 209 g/mol. The van der Waals surface area contributed by atoms with Crippen LogP contribution in [0.15, 0.2) is 22.6 Å². The van der Waals surface area contributed by atoms with Gasteiger partial charge in [0.1, 0.15) is 5.76 Å². The number of hydrogen-bond donors (Lipinski definition) is 1. The first-order valence-corrected chi connectivity index (χ1v) is 4.72. The number of benzene rings is 1. The van der Waals surface area contributed by atoms with Gasteiger partial charge in [0.25, 0.3) is 0 Å². The third-order valence-corrected chi connectivity index (χ3v) is 2.27. The molecule has 15 heavy (non-hydrogen) atoms. The SMILES string of the molecule is COc1c(CCN)oc2c(F)cccc12. The van der Waals surface area contributed by atoms with Crippen molar-refractivity contribution in [1.29, 1.82) is 0 Å². The minimum atomic E-state index is -0.380. The van der Waals surface area contributed by atoms with Gasteiger partial charge in [-0.15, -0.1) is 0 Å². The average Bonchev–Trinajstić information content (AvgIpc) is 2.58. The van der Waals surface area contributed by atoms with E-state index in [0.717, 1.165) is 0 Å². The van der Waals surface area contributed by atoms with Crippen LogP contribution in [0.1, 0.15) is 5.76 Å². The molecule has 3 nitrogen and oxygen atoms in total. The van der Waals surface area contributed by atoms with Crippen LogP contribution in [0.3, 0.4) is 0 Å². The van der Waals surface area contributed by atoms with E-state index in [1.807, 2.05) is 0 Å². The molecule has 0 saturated heterocycles. The number of fused-ring (bicyclic) bond motifs is 1. The van der Waals surface area contributed by atoms with E-state index in [1.54, 1.807) is 12.1 Å². The zero-order valence-corrected chi connectivity index (χ0v) is 8.42. The van der Waals surface area contributed by atoms with Crippen LogP contribution in [0.25, 0.3) is 11.0 Å². The second-order valence-corrected chi connectivity index (χ2v) is 3.21. The number of para-hydroxylation sites is 1. The molecule has 2 N–H and O–H groups in total. The number of methoxy groups -OCH3 is 1. The molecule has 0 aliphatic carbocycles. The molecule has 2 aromatic rings. The smallest absolute Gasteiger partial charge is 0.173 e. The summed E-state index contributed by atoms with van der Waals surface area (Å²) in [7, 11) is 1.54. The Morgan fingerprint density at radius 1 is 1.47 bits per heavy atom. The third-order valence-electron chi connectivity index (χ3n) is 2.27. The van der Waals surface area contributed by atoms with Gasteiger partial charge < -0.3 is 14.9 Å². The minimum Gasteiger partial charge on any atom is -0.492 e. The van der Waals surface area contributed by atoms with Crippen molar-refractivity contribution in [3.8, 4) is 5.75 Å². The predicted molar refractivity (Wildman–Crippen MR) is 55.5 cm³/mol. The lowest BCUT2D eigenvalue weighted by molar-refractivity contribution is 0.395. The van der Waals surface area contributed by atoms with Gasteiger partial charge in [0.2, 0.25) is 0 Å². The highest BCUT2D eigenvalue weighted by atomic mass is 19.1. The Bertz CT molecular complexity index is 479. The van der Waals surface area contributed by atoms with Crippen LogP contribution in [0, 0.1) is 5.82 Å². The third kappa shape index (κ3) is 1.57. The molecule has 1 aromatic carbocycles. The van der Waals surface area contributed by atoms with E-state index in [1.165, 1.54) is 13.2 Å². The zero-order valence-electron chi connectivity index (χ0n) is 8.42. The average molecular weight is 209 g/mol. The lowest BCUT2D eigenvalue weighted by atomic mass is 10.2. The summed E-state index contributed by atoms with van der Waals surface area (Å²) in [6.07, 6.45) is 0.539. The topological polar surface area (TPSA) is 48.4 Å². The summed E-state index contributed by atoms with van der Waals surface area (Å²) in [5.41, 5.74) is 5.67. The molecular formula is C11H12FNO2. The van der Waals surface area contributed by atoms with E-state index >= 15 is 0 Å². The van der Waals surface area contributed by atoms with E-state index in [2.05, 4.69) is 0 Å². The minimum absolute atomic E-state index is 0.234. The first-order valence-electron chi connectivity index (χ1n) is 4.72. The number of hydrogen-bond acceptors (Lipinski definition) is 3. The maximum absolute atomic E-state index is 13.4. The van der Waals surface area contributed by atoms with Gasteiger partial charge in [-0.3, -0.25) is 0 Å². The van der Waals surface area contributed by atoms with Crippen molar-refractivity contribution >= 4 is 11.0 Å². The molecule has 2 rings (SSSR count). The van der Waals surface area contributed by atoms with E-state index < -0.39 is 0 Å². The van der Waals surface area contributed by atoms with Crippen LogP contribution in [0.5, 0.6) is 5.75 Å². The fourth-order valence-corrected chi connectivity index (χ4v) is 1.63. The maximum Gasteiger partial charge on any atom is 0.173 e. The van der Waals surface area contributed by atoms with E-state index in [9.17, 15) is 4.39 Å². The van der Waals surface area contributed by atoms with Gasteiger partial charge in [0, 0.05) is 6.42 Å². The Kier molecular flexibility index (Phi) is 2.60. The number of furan rings is 1. The maximum atomic E-state index is 13.4. The van der Waals surface area contributed by atoms with Gasteiger partial charge in [-0.25, -0.2) is 4.39 Å². The molecule has 0 spiro atoms. The molecule has 0 atom stereocenters. The van der Waals surface area contributed by atoms with Gasteiger partial charge in [-0.05, 0) is 18.7 Å². The molecule has 0 aliphatic heterocycles. The Morgan fingerprint density at radius 2 is 2.27 bits per heavy atom. The Labute approximate surface area is 86.6 Å². The molecule has 0 fully saturated rings. The Morgan fingerprint density at radius 3 is 2.93 bits per heavy atom. The number of halogens is 1. The summed E-state index contributed by atoms with van der Waals surface area (Å²) in [6, 6.07) is 4.75. The van der Waals surface area contributed by atoms with Crippen LogP contribution >= 0.6 is 0 Å². The second kappa shape index (κ2) is 3.90. The predicted octanol–water partition coefficient (Wildman–Crippen LogP) is 2.08. The van der Waals surface area contributed by atoms with Crippen molar-refractivity contribution in [3.05, 3.63) is 29.8 Å². The molecule has 0 unspecified atom stereocenters. The number of rotatable bonds is 3. The zero-order chi connectivity index (χ0) is 10.8. The fourth-order valence-electron chi connectivity index (χ4n) is 1.63. The number of ether oxygens (including phenoxy) is 1. The van der Waals surface area contributed by atoms with Gasteiger partial charge >= 0.3 is 0 Å². The van der Waals surface area contributed by atoms with Crippen molar-refractivity contribution in [2.75, 3.05) is 13.7 Å². The standard InChI is InChI=1S/C11H12FNO2/c1-14-11-7-3-2-4-8(12)10(7)15-9(11)5-6-13/h2-4H,5-6,13H2,1H3. The molecule has 0 saturated carbocycles. The molecule has 0 radical (unpaired) electrons. The van der Waals surface area contributed by atoms with Crippen molar-refractivity contribution in [2.45, 2.75) is 6.42 Å². The summed E-state index contributed by atoms with van der Waals surface area (Å²) in [6.45, 7) is 0.442.